The van der Waals surface area contributed by atoms with E-state index in [4.69, 9.17) is 10.5 Å². The summed E-state index contributed by atoms with van der Waals surface area (Å²) in [6.07, 6.45) is 4.86. The molecule has 2 aliphatic heterocycles. The fraction of sp³-hybridized carbons (Fsp3) is 0.667. The van der Waals surface area contributed by atoms with Gasteiger partial charge >= 0.3 is 6.09 Å². The van der Waals surface area contributed by atoms with Gasteiger partial charge < -0.3 is 15.8 Å². The number of fused-ring (bicyclic) bond motifs is 3. The molecule has 5 nitrogen and oxygen atoms in total. The van der Waals surface area contributed by atoms with Crippen molar-refractivity contribution in [2.45, 2.75) is 76.1 Å². The lowest BCUT2D eigenvalue weighted by atomic mass is 9.81. The van der Waals surface area contributed by atoms with Crippen LogP contribution in [0.1, 0.15) is 56.7 Å². The van der Waals surface area contributed by atoms with Crippen molar-refractivity contribution in [2.24, 2.45) is 5.73 Å². The van der Waals surface area contributed by atoms with Crippen molar-refractivity contribution in [3.63, 3.8) is 0 Å². The van der Waals surface area contributed by atoms with Crippen LogP contribution >= 0.6 is 0 Å². The normalized spacial score (nSPS) is 30.8. The number of hydrogen-bond donors (Lipinski definition) is 2. The molecule has 1 aromatic carbocycles. The largest absolute Gasteiger partial charge is 0.444 e. The monoisotopic (exact) mass is 357 g/mol. The summed E-state index contributed by atoms with van der Waals surface area (Å²) >= 11 is 0. The van der Waals surface area contributed by atoms with E-state index in [9.17, 15) is 4.79 Å². The molecule has 2 bridgehead atoms. The molecule has 1 aromatic rings. The van der Waals surface area contributed by atoms with Crippen LogP contribution in [0.2, 0.25) is 0 Å². The molecule has 1 aliphatic carbocycles. The molecule has 3 N–H and O–H groups in total. The third-order valence-corrected chi connectivity index (χ3v) is 6.12. The summed E-state index contributed by atoms with van der Waals surface area (Å²) in [5, 5.41) is 3.55. The summed E-state index contributed by atoms with van der Waals surface area (Å²) in [6.45, 7) is 7.44. The van der Waals surface area contributed by atoms with Crippen molar-refractivity contribution < 1.29 is 9.53 Å². The molecule has 2 heterocycles. The Morgan fingerprint density at radius 3 is 2.88 bits per heavy atom. The molecule has 142 valence electrons. The molecule has 0 saturated carbocycles. The first-order chi connectivity index (χ1) is 12.3. The van der Waals surface area contributed by atoms with Crippen molar-refractivity contribution in [1.29, 1.82) is 0 Å². The molecular weight excluding hydrogens is 326 g/mol. The highest BCUT2D eigenvalue weighted by Crippen LogP contribution is 2.45. The fourth-order valence-corrected chi connectivity index (χ4v) is 4.91. The minimum atomic E-state index is -0.478. The average molecular weight is 357 g/mol. The number of benzene rings is 1. The van der Waals surface area contributed by atoms with E-state index in [1.54, 1.807) is 0 Å². The van der Waals surface area contributed by atoms with E-state index >= 15 is 0 Å². The van der Waals surface area contributed by atoms with Gasteiger partial charge in [-0.1, -0.05) is 18.2 Å². The zero-order valence-electron chi connectivity index (χ0n) is 16.2. The van der Waals surface area contributed by atoms with Gasteiger partial charge in [-0.2, -0.15) is 0 Å². The minimum absolute atomic E-state index is 0.179. The standard InChI is InChI=1S/C21H31N3O2/c1-20(2,3)26-19(25)24-18-8-9-21(24,13-23-12-18)16-6-4-15-11-17(22)7-5-14(15)10-16/h4,6,10,17-18,23H,5,7-9,11-13,22H2,1-3H3. The maximum Gasteiger partial charge on any atom is 0.411 e. The van der Waals surface area contributed by atoms with Crippen LogP contribution in [0.15, 0.2) is 18.2 Å². The van der Waals surface area contributed by atoms with E-state index in [0.29, 0.717) is 0 Å². The molecule has 0 spiro atoms. The first-order valence-electron chi connectivity index (χ1n) is 9.89. The highest BCUT2D eigenvalue weighted by molar-refractivity contribution is 5.71. The van der Waals surface area contributed by atoms with Crippen LogP contribution in [0, 0.1) is 0 Å². The van der Waals surface area contributed by atoms with Crippen molar-refractivity contribution in [3.05, 3.63) is 34.9 Å². The van der Waals surface area contributed by atoms with E-state index in [-0.39, 0.29) is 23.7 Å². The van der Waals surface area contributed by atoms with Gasteiger partial charge in [-0.3, -0.25) is 4.90 Å². The van der Waals surface area contributed by atoms with Crippen LogP contribution in [0.3, 0.4) is 0 Å². The number of hydrogen-bond acceptors (Lipinski definition) is 4. The molecular formula is C21H31N3O2. The molecule has 3 aliphatic rings. The lowest BCUT2D eigenvalue weighted by Crippen LogP contribution is -2.61. The van der Waals surface area contributed by atoms with Gasteiger partial charge in [0.25, 0.3) is 0 Å². The number of carbonyl (C=O) groups excluding carboxylic acids is 1. The molecule has 5 heteroatoms. The van der Waals surface area contributed by atoms with Crippen LogP contribution in [0.25, 0.3) is 0 Å². The summed E-state index contributed by atoms with van der Waals surface area (Å²) < 4.78 is 5.77. The minimum Gasteiger partial charge on any atom is -0.444 e. The van der Waals surface area contributed by atoms with Crippen molar-refractivity contribution in [2.75, 3.05) is 13.1 Å². The Morgan fingerprint density at radius 2 is 2.12 bits per heavy atom. The Kier molecular flexibility index (Phi) is 4.27. The summed E-state index contributed by atoms with van der Waals surface area (Å²) in [5.74, 6) is 0. The lowest BCUT2D eigenvalue weighted by molar-refractivity contribution is -0.0115. The quantitative estimate of drug-likeness (QED) is 0.811. The maximum atomic E-state index is 13.0. The average Bonchev–Trinajstić information content (AvgIpc) is 2.80. The number of amides is 1. The lowest BCUT2D eigenvalue weighted by Gasteiger charge is -2.46. The van der Waals surface area contributed by atoms with E-state index in [1.165, 1.54) is 16.7 Å². The van der Waals surface area contributed by atoms with Crippen LogP contribution in [0.5, 0.6) is 0 Å². The number of ether oxygens (including phenoxy) is 1. The molecule has 2 saturated heterocycles. The number of nitrogens with zero attached hydrogens (tertiary/aromatic N) is 1. The smallest absolute Gasteiger partial charge is 0.411 e. The van der Waals surface area contributed by atoms with Crippen LogP contribution in [0.4, 0.5) is 4.79 Å². The van der Waals surface area contributed by atoms with Crippen LogP contribution < -0.4 is 11.1 Å². The van der Waals surface area contributed by atoms with Crippen LogP contribution in [-0.2, 0) is 23.1 Å². The van der Waals surface area contributed by atoms with E-state index < -0.39 is 5.60 Å². The second-order valence-electron chi connectivity index (χ2n) is 9.19. The molecule has 0 radical (unpaired) electrons. The Balaban J connectivity index is 1.69. The number of carbonyl (C=O) groups is 1. The van der Waals surface area contributed by atoms with Gasteiger partial charge in [-0.15, -0.1) is 0 Å². The Labute approximate surface area is 156 Å². The highest BCUT2D eigenvalue weighted by Gasteiger charge is 2.53. The van der Waals surface area contributed by atoms with Gasteiger partial charge in [-0.05, 0) is 69.6 Å². The van der Waals surface area contributed by atoms with Crippen molar-refractivity contribution in [1.82, 2.24) is 10.2 Å². The molecule has 26 heavy (non-hydrogen) atoms. The third kappa shape index (κ3) is 3.01. The zero-order chi connectivity index (χ0) is 18.5. The van der Waals surface area contributed by atoms with Gasteiger partial charge in [0.1, 0.15) is 5.60 Å². The molecule has 3 atom stereocenters. The van der Waals surface area contributed by atoms with Gasteiger partial charge in [-0.25, -0.2) is 4.79 Å². The Hall–Kier alpha value is -1.59. The Bertz CT molecular complexity index is 708. The summed E-state index contributed by atoms with van der Waals surface area (Å²) in [6, 6.07) is 7.26. The van der Waals surface area contributed by atoms with Crippen LogP contribution in [-0.4, -0.2) is 41.8 Å². The zero-order valence-corrected chi connectivity index (χ0v) is 16.2. The molecule has 3 unspecified atom stereocenters. The topological polar surface area (TPSA) is 67.6 Å². The molecule has 0 aromatic heterocycles. The van der Waals surface area contributed by atoms with Gasteiger partial charge in [0.2, 0.25) is 0 Å². The summed E-state index contributed by atoms with van der Waals surface area (Å²) in [5.41, 5.74) is 9.37. The third-order valence-electron chi connectivity index (χ3n) is 6.12. The number of nitrogens with one attached hydrogen (secondary N) is 1. The first-order valence-corrected chi connectivity index (χ1v) is 9.89. The molecule has 2 fully saturated rings. The second-order valence-corrected chi connectivity index (χ2v) is 9.19. The number of piperazine rings is 1. The van der Waals surface area contributed by atoms with Crippen molar-refractivity contribution >= 4 is 6.09 Å². The SMILES string of the molecule is CC(C)(C)OC(=O)N1C2CCC1(c1ccc3c(c1)CCC(N)C3)CNC2. The molecule has 4 rings (SSSR count). The summed E-state index contributed by atoms with van der Waals surface area (Å²) in [4.78, 5) is 15.1. The fourth-order valence-electron chi connectivity index (χ4n) is 4.91. The first kappa shape index (κ1) is 17.8. The summed E-state index contributed by atoms with van der Waals surface area (Å²) in [7, 11) is 0. The van der Waals surface area contributed by atoms with Gasteiger partial charge in [0, 0.05) is 25.2 Å². The maximum absolute atomic E-state index is 13.0. The van der Waals surface area contributed by atoms with E-state index in [2.05, 4.69) is 23.5 Å². The van der Waals surface area contributed by atoms with Gasteiger partial charge in [0.15, 0.2) is 0 Å². The van der Waals surface area contributed by atoms with E-state index in [1.807, 2.05) is 25.7 Å². The number of nitrogens with two attached hydrogens (primary N) is 1. The number of rotatable bonds is 1. The molecule has 1 amide bonds. The second kappa shape index (κ2) is 6.24. The predicted molar refractivity (Wildman–Crippen MR) is 102 cm³/mol. The predicted octanol–water partition coefficient (Wildman–Crippen LogP) is 2.70. The highest BCUT2D eigenvalue weighted by atomic mass is 16.6. The Morgan fingerprint density at radius 1 is 1.31 bits per heavy atom. The van der Waals surface area contributed by atoms with E-state index in [0.717, 1.165) is 45.2 Å². The van der Waals surface area contributed by atoms with Gasteiger partial charge in [0.05, 0.1) is 5.54 Å². The number of aryl methyl sites for hydroxylation is 1. The van der Waals surface area contributed by atoms with Crippen molar-refractivity contribution in [3.8, 4) is 0 Å².